The van der Waals surface area contributed by atoms with Gasteiger partial charge in [-0.15, -0.1) is 0 Å². The van der Waals surface area contributed by atoms with Gasteiger partial charge < -0.3 is 5.32 Å². The zero-order valence-electron chi connectivity index (χ0n) is 9.81. The van der Waals surface area contributed by atoms with E-state index in [0.717, 1.165) is 24.4 Å². The van der Waals surface area contributed by atoms with Crippen molar-refractivity contribution in [2.75, 3.05) is 6.54 Å². The zero-order valence-corrected chi connectivity index (χ0v) is 10.6. The summed E-state index contributed by atoms with van der Waals surface area (Å²) in [7, 11) is 0. The first-order valence-electron chi connectivity index (χ1n) is 5.67. The summed E-state index contributed by atoms with van der Waals surface area (Å²) in [5.41, 5.74) is 2.53. The Bertz CT molecular complexity index is 289. The van der Waals surface area contributed by atoms with E-state index < -0.39 is 0 Å². The van der Waals surface area contributed by atoms with E-state index in [1.807, 2.05) is 6.07 Å². The number of nitrogens with one attached hydrogen (secondary N) is 1. The van der Waals surface area contributed by atoms with Gasteiger partial charge in [0.15, 0.2) is 0 Å². The summed E-state index contributed by atoms with van der Waals surface area (Å²) in [6.45, 7) is 7.53. The first kappa shape index (κ1) is 12.5. The van der Waals surface area contributed by atoms with Crippen LogP contribution in [-0.2, 0) is 0 Å². The summed E-state index contributed by atoms with van der Waals surface area (Å²) in [5.74, 6) is 0. The molecule has 0 aromatic heterocycles. The van der Waals surface area contributed by atoms with Crippen LogP contribution in [0.1, 0.15) is 43.9 Å². The zero-order chi connectivity index (χ0) is 11.3. The third-order valence-corrected chi connectivity index (χ3v) is 2.73. The van der Waals surface area contributed by atoms with Crippen molar-refractivity contribution in [1.82, 2.24) is 5.32 Å². The van der Waals surface area contributed by atoms with Crippen LogP contribution in [0.25, 0.3) is 0 Å². The van der Waals surface area contributed by atoms with Gasteiger partial charge in [0.1, 0.15) is 0 Å². The molecule has 1 aromatic carbocycles. The van der Waals surface area contributed by atoms with Crippen LogP contribution in [0.3, 0.4) is 0 Å². The van der Waals surface area contributed by atoms with Gasteiger partial charge in [-0.25, -0.2) is 0 Å². The molecule has 0 spiro atoms. The molecule has 0 bridgehead atoms. The van der Waals surface area contributed by atoms with Gasteiger partial charge in [0.25, 0.3) is 0 Å². The van der Waals surface area contributed by atoms with Crippen molar-refractivity contribution in [1.29, 1.82) is 0 Å². The fourth-order valence-corrected chi connectivity index (χ4v) is 2.08. The third kappa shape index (κ3) is 3.84. The minimum atomic E-state index is 0.433. The van der Waals surface area contributed by atoms with Crippen molar-refractivity contribution in [3.05, 3.63) is 34.3 Å². The van der Waals surface area contributed by atoms with Crippen molar-refractivity contribution < 1.29 is 0 Å². The Hall–Kier alpha value is -0.530. The molecule has 0 radical (unpaired) electrons. The molecule has 0 heterocycles. The summed E-state index contributed by atoms with van der Waals surface area (Å²) in [6, 6.07) is 6.70. The highest BCUT2D eigenvalue weighted by atomic mass is 35.5. The fourth-order valence-electron chi connectivity index (χ4n) is 1.78. The van der Waals surface area contributed by atoms with E-state index in [0.29, 0.717) is 6.04 Å². The van der Waals surface area contributed by atoms with Crippen molar-refractivity contribution in [2.24, 2.45) is 0 Å². The van der Waals surface area contributed by atoms with Gasteiger partial charge in [0.2, 0.25) is 0 Å². The molecular formula is C13H20ClN. The van der Waals surface area contributed by atoms with E-state index in [1.54, 1.807) is 0 Å². The van der Waals surface area contributed by atoms with Crippen molar-refractivity contribution in [2.45, 2.75) is 39.7 Å². The number of halogens is 1. The quantitative estimate of drug-likeness (QED) is 0.796. The third-order valence-electron chi connectivity index (χ3n) is 2.52. The van der Waals surface area contributed by atoms with Gasteiger partial charge in [0.05, 0.1) is 0 Å². The van der Waals surface area contributed by atoms with Gasteiger partial charge in [-0.3, -0.25) is 0 Å². The van der Waals surface area contributed by atoms with Crippen molar-refractivity contribution >= 4 is 11.6 Å². The topological polar surface area (TPSA) is 12.0 Å². The lowest BCUT2D eigenvalue weighted by Gasteiger charge is -2.17. The molecule has 0 fully saturated rings. The second-order valence-corrected chi connectivity index (χ2v) is 4.41. The summed E-state index contributed by atoms with van der Waals surface area (Å²) in [6.07, 6.45) is 2.26. The van der Waals surface area contributed by atoms with E-state index in [2.05, 4.69) is 38.2 Å². The summed E-state index contributed by atoms with van der Waals surface area (Å²) in [5, 5.41) is 4.37. The highest BCUT2D eigenvalue weighted by molar-refractivity contribution is 6.30. The second-order valence-electron chi connectivity index (χ2n) is 3.98. The lowest BCUT2D eigenvalue weighted by atomic mass is 10.0. The van der Waals surface area contributed by atoms with E-state index >= 15 is 0 Å². The van der Waals surface area contributed by atoms with Gasteiger partial charge in [-0.2, -0.15) is 0 Å². The maximum atomic E-state index is 6.06. The van der Waals surface area contributed by atoms with Crippen LogP contribution in [0.2, 0.25) is 5.02 Å². The first-order valence-corrected chi connectivity index (χ1v) is 6.05. The van der Waals surface area contributed by atoms with Gasteiger partial charge in [-0.05, 0) is 49.6 Å². The van der Waals surface area contributed by atoms with E-state index in [-0.39, 0.29) is 0 Å². The molecule has 1 N–H and O–H groups in total. The van der Waals surface area contributed by atoms with E-state index in [9.17, 15) is 0 Å². The average Bonchev–Trinajstić information content (AvgIpc) is 2.17. The van der Waals surface area contributed by atoms with Crippen molar-refractivity contribution in [3.8, 4) is 0 Å². The summed E-state index contributed by atoms with van der Waals surface area (Å²) >= 11 is 6.06. The number of hydrogen-bond acceptors (Lipinski definition) is 1. The number of hydrogen-bond donors (Lipinski definition) is 1. The maximum Gasteiger partial charge on any atom is 0.0411 e. The molecular weight excluding hydrogens is 206 g/mol. The van der Waals surface area contributed by atoms with Crippen LogP contribution in [0, 0.1) is 6.92 Å². The van der Waals surface area contributed by atoms with Crippen molar-refractivity contribution in [3.63, 3.8) is 0 Å². The molecule has 0 saturated carbocycles. The molecule has 1 rings (SSSR count). The average molecular weight is 226 g/mol. The van der Waals surface area contributed by atoms with Gasteiger partial charge >= 0.3 is 0 Å². The number of benzene rings is 1. The first-order chi connectivity index (χ1) is 7.17. The molecule has 0 aliphatic heterocycles. The van der Waals surface area contributed by atoms with Crippen LogP contribution in [-0.4, -0.2) is 6.54 Å². The molecule has 84 valence electrons. The fraction of sp³-hybridized carbons (Fsp3) is 0.538. The summed E-state index contributed by atoms with van der Waals surface area (Å²) in [4.78, 5) is 0. The van der Waals surface area contributed by atoms with Crippen LogP contribution >= 0.6 is 11.6 Å². The highest BCUT2D eigenvalue weighted by Crippen LogP contribution is 2.22. The molecule has 15 heavy (non-hydrogen) atoms. The molecule has 0 amide bonds. The highest BCUT2D eigenvalue weighted by Gasteiger charge is 2.08. The van der Waals surface area contributed by atoms with Gasteiger partial charge in [-0.1, -0.05) is 31.5 Å². The van der Waals surface area contributed by atoms with Gasteiger partial charge in [0, 0.05) is 11.1 Å². The lowest BCUT2D eigenvalue weighted by Crippen LogP contribution is -2.21. The normalized spacial score (nSPS) is 12.8. The Morgan fingerprint density at radius 3 is 2.53 bits per heavy atom. The molecule has 0 aliphatic carbocycles. The Labute approximate surface area is 97.8 Å². The standard InChI is InChI=1S/C13H20ClN/c1-4-6-15-13(5-2)11-7-10(3)8-12(14)9-11/h7-9,13,15H,4-6H2,1-3H3. The minimum absolute atomic E-state index is 0.433. The second kappa shape index (κ2) is 6.14. The molecule has 0 saturated heterocycles. The van der Waals surface area contributed by atoms with Crippen LogP contribution in [0.5, 0.6) is 0 Å². The largest absolute Gasteiger partial charge is 0.310 e. The predicted octanol–water partition coefficient (Wildman–Crippen LogP) is 4.10. The van der Waals surface area contributed by atoms with E-state index in [1.165, 1.54) is 11.1 Å². The van der Waals surface area contributed by atoms with Crippen LogP contribution < -0.4 is 5.32 Å². The maximum absolute atomic E-state index is 6.06. The minimum Gasteiger partial charge on any atom is -0.310 e. The molecule has 1 atom stereocenters. The molecule has 1 unspecified atom stereocenters. The van der Waals surface area contributed by atoms with Crippen LogP contribution in [0.15, 0.2) is 18.2 Å². The Balaban J connectivity index is 2.81. The Morgan fingerprint density at radius 1 is 1.27 bits per heavy atom. The number of aryl methyl sites for hydroxylation is 1. The molecule has 1 aromatic rings. The lowest BCUT2D eigenvalue weighted by molar-refractivity contribution is 0.518. The molecule has 0 aliphatic rings. The Kier molecular flexibility index (Phi) is 5.13. The number of rotatable bonds is 5. The predicted molar refractivity (Wildman–Crippen MR) is 67.5 cm³/mol. The van der Waals surface area contributed by atoms with Crippen LogP contribution in [0.4, 0.5) is 0 Å². The van der Waals surface area contributed by atoms with E-state index in [4.69, 9.17) is 11.6 Å². The molecule has 1 nitrogen and oxygen atoms in total. The monoisotopic (exact) mass is 225 g/mol. The molecule has 2 heteroatoms. The Morgan fingerprint density at radius 2 is 2.00 bits per heavy atom. The summed E-state index contributed by atoms with van der Waals surface area (Å²) < 4.78 is 0. The smallest absolute Gasteiger partial charge is 0.0411 e. The SMILES string of the molecule is CCCNC(CC)c1cc(C)cc(Cl)c1.